The van der Waals surface area contributed by atoms with Gasteiger partial charge in [0.1, 0.15) is 0 Å². The lowest BCUT2D eigenvalue weighted by molar-refractivity contribution is 0.629. The molecule has 0 spiro atoms. The Balaban J connectivity index is 2.98. The lowest BCUT2D eigenvalue weighted by atomic mass is 10.2. The molecule has 0 unspecified atom stereocenters. The van der Waals surface area contributed by atoms with Gasteiger partial charge in [0.2, 0.25) is 17.8 Å². The van der Waals surface area contributed by atoms with Gasteiger partial charge in [-0.3, -0.25) is 0 Å². The zero-order valence-corrected chi connectivity index (χ0v) is 12.9. The van der Waals surface area contributed by atoms with E-state index in [1.54, 1.807) is 0 Å². The predicted molar refractivity (Wildman–Crippen MR) is 81.0 cm³/mol. The van der Waals surface area contributed by atoms with Gasteiger partial charge in [-0.15, -0.1) is 0 Å². The second kappa shape index (κ2) is 7.11. The Morgan fingerprint density at radius 2 is 1.68 bits per heavy atom. The minimum Gasteiger partial charge on any atom is -0.354 e. The average molecular weight is 266 g/mol. The van der Waals surface area contributed by atoms with Crippen molar-refractivity contribution < 1.29 is 0 Å². The maximum Gasteiger partial charge on any atom is 0.231 e. The standard InChI is InChI=1S/C13H26N6/c1-7-8-14-11-15-12(18(4)5)17-13(16-11)19(6)9-10(2)3/h10H,7-9H2,1-6H3,(H,14,15,16,17). The quantitative estimate of drug-likeness (QED) is 0.813. The van der Waals surface area contributed by atoms with Crippen LogP contribution in [0.4, 0.5) is 17.8 Å². The van der Waals surface area contributed by atoms with E-state index >= 15 is 0 Å². The molecular formula is C13H26N6. The SMILES string of the molecule is CCCNc1nc(N(C)C)nc(N(C)CC(C)C)n1. The van der Waals surface area contributed by atoms with Crippen LogP contribution in [0, 0.1) is 5.92 Å². The van der Waals surface area contributed by atoms with Gasteiger partial charge in [0.05, 0.1) is 0 Å². The summed E-state index contributed by atoms with van der Waals surface area (Å²) in [6.45, 7) is 8.27. The van der Waals surface area contributed by atoms with Crippen LogP contribution < -0.4 is 15.1 Å². The molecule has 0 amide bonds. The van der Waals surface area contributed by atoms with Crippen molar-refractivity contribution in [2.75, 3.05) is 49.3 Å². The smallest absolute Gasteiger partial charge is 0.231 e. The van der Waals surface area contributed by atoms with E-state index in [0.717, 1.165) is 19.5 Å². The van der Waals surface area contributed by atoms with Gasteiger partial charge in [-0.2, -0.15) is 15.0 Å². The molecule has 1 heterocycles. The summed E-state index contributed by atoms with van der Waals surface area (Å²) in [5.74, 6) is 2.60. The van der Waals surface area contributed by atoms with E-state index in [1.165, 1.54) is 0 Å². The molecule has 0 saturated heterocycles. The number of anilines is 3. The number of aromatic nitrogens is 3. The highest BCUT2D eigenvalue weighted by molar-refractivity contribution is 5.44. The van der Waals surface area contributed by atoms with Crippen LogP contribution in [0.25, 0.3) is 0 Å². The van der Waals surface area contributed by atoms with Crippen molar-refractivity contribution in [2.24, 2.45) is 5.92 Å². The molecule has 0 fully saturated rings. The normalized spacial score (nSPS) is 10.7. The van der Waals surface area contributed by atoms with Crippen molar-refractivity contribution >= 4 is 17.8 Å². The van der Waals surface area contributed by atoms with E-state index in [-0.39, 0.29) is 0 Å². The van der Waals surface area contributed by atoms with Gasteiger partial charge >= 0.3 is 0 Å². The fourth-order valence-corrected chi connectivity index (χ4v) is 1.67. The van der Waals surface area contributed by atoms with Gasteiger partial charge in [-0.1, -0.05) is 20.8 Å². The van der Waals surface area contributed by atoms with Crippen LogP contribution in [0.5, 0.6) is 0 Å². The molecule has 1 N–H and O–H groups in total. The number of hydrogen-bond acceptors (Lipinski definition) is 6. The molecule has 0 atom stereocenters. The van der Waals surface area contributed by atoms with Crippen LogP contribution in [-0.2, 0) is 0 Å². The third kappa shape index (κ3) is 4.89. The summed E-state index contributed by atoms with van der Waals surface area (Å²) >= 11 is 0. The molecule has 0 bridgehead atoms. The first kappa shape index (κ1) is 15.5. The van der Waals surface area contributed by atoms with Gasteiger partial charge in [0, 0.05) is 34.2 Å². The largest absolute Gasteiger partial charge is 0.354 e. The Kier molecular flexibility index (Phi) is 5.79. The molecule has 6 heteroatoms. The molecule has 0 aliphatic carbocycles. The fraction of sp³-hybridized carbons (Fsp3) is 0.769. The summed E-state index contributed by atoms with van der Waals surface area (Å²) < 4.78 is 0. The lowest BCUT2D eigenvalue weighted by Gasteiger charge is -2.21. The Labute approximate surface area is 116 Å². The van der Waals surface area contributed by atoms with Crippen LogP contribution in [0.15, 0.2) is 0 Å². The maximum absolute atomic E-state index is 4.48. The molecule has 0 aromatic carbocycles. The zero-order valence-electron chi connectivity index (χ0n) is 12.9. The van der Waals surface area contributed by atoms with Crippen molar-refractivity contribution in [3.05, 3.63) is 0 Å². The molecule has 6 nitrogen and oxygen atoms in total. The van der Waals surface area contributed by atoms with E-state index in [1.807, 2.05) is 26.0 Å². The predicted octanol–water partition coefficient (Wildman–Crippen LogP) is 1.85. The topological polar surface area (TPSA) is 57.2 Å². The number of hydrogen-bond donors (Lipinski definition) is 1. The summed E-state index contributed by atoms with van der Waals surface area (Å²) in [6, 6.07) is 0. The molecular weight excluding hydrogens is 240 g/mol. The maximum atomic E-state index is 4.48. The van der Waals surface area contributed by atoms with Gasteiger partial charge in [0.15, 0.2) is 0 Å². The Hall–Kier alpha value is -1.59. The fourth-order valence-electron chi connectivity index (χ4n) is 1.67. The molecule has 19 heavy (non-hydrogen) atoms. The highest BCUT2D eigenvalue weighted by Crippen LogP contribution is 2.15. The van der Waals surface area contributed by atoms with Crippen LogP contribution in [0.3, 0.4) is 0 Å². The molecule has 0 radical (unpaired) electrons. The highest BCUT2D eigenvalue weighted by atomic mass is 15.3. The molecule has 1 aromatic heterocycles. The van der Waals surface area contributed by atoms with Crippen molar-refractivity contribution in [1.29, 1.82) is 0 Å². The van der Waals surface area contributed by atoms with Gasteiger partial charge in [-0.05, 0) is 12.3 Å². The highest BCUT2D eigenvalue weighted by Gasteiger charge is 2.12. The minimum atomic E-state index is 0.566. The van der Waals surface area contributed by atoms with Gasteiger partial charge < -0.3 is 15.1 Å². The Morgan fingerprint density at radius 1 is 1.05 bits per heavy atom. The van der Waals surface area contributed by atoms with Crippen molar-refractivity contribution in [1.82, 2.24) is 15.0 Å². The monoisotopic (exact) mass is 266 g/mol. The van der Waals surface area contributed by atoms with E-state index in [9.17, 15) is 0 Å². The summed E-state index contributed by atoms with van der Waals surface area (Å²) in [4.78, 5) is 17.3. The molecule has 108 valence electrons. The van der Waals surface area contributed by atoms with E-state index in [4.69, 9.17) is 0 Å². The summed E-state index contributed by atoms with van der Waals surface area (Å²) in [5.41, 5.74) is 0. The number of rotatable bonds is 7. The van der Waals surface area contributed by atoms with Crippen molar-refractivity contribution in [3.8, 4) is 0 Å². The minimum absolute atomic E-state index is 0.566. The van der Waals surface area contributed by atoms with Crippen LogP contribution in [0.1, 0.15) is 27.2 Å². The van der Waals surface area contributed by atoms with E-state index in [2.05, 4.69) is 45.9 Å². The van der Waals surface area contributed by atoms with E-state index < -0.39 is 0 Å². The molecule has 0 aliphatic rings. The summed E-state index contributed by atoms with van der Waals surface area (Å²) in [7, 11) is 5.88. The van der Waals surface area contributed by atoms with Crippen LogP contribution >= 0.6 is 0 Å². The lowest BCUT2D eigenvalue weighted by Crippen LogP contribution is -2.26. The zero-order chi connectivity index (χ0) is 14.4. The first-order chi connectivity index (χ1) is 8.93. The average Bonchev–Trinajstić information content (AvgIpc) is 2.35. The second-order valence-electron chi connectivity index (χ2n) is 5.35. The van der Waals surface area contributed by atoms with Crippen molar-refractivity contribution in [3.63, 3.8) is 0 Å². The summed E-state index contributed by atoms with van der Waals surface area (Å²) in [6.07, 6.45) is 1.04. The van der Waals surface area contributed by atoms with Crippen molar-refractivity contribution in [2.45, 2.75) is 27.2 Å². The number of nitrogens with one attached hydrogen (secondary N) is 1. The molecule has 1 aromatic rings. The third-order valence-electron chi connectivity index (χ3n) is 2.53. The molecule has 0 saturated carbocycles. The third-order valence-corrected chi connectivity index (χ3v) is 2.53. The van der Waals surface area contributed by atoms with Gasteiger partial charge in [-0.25, -0.2) is 0 Å². The van der Waals surface area contributed by atoms with Crippen LogP contribution in [-0.4, -0.2) is 49.2 Å². The Bertz CT molecular complexity index is 391. The first-order valence-electron chi connectivity index (χ1n) is 6.82. The second-order valence-corrected chi connectivity index (χ2v) is 5.35. The Morgan fingerprint density at radius 3 is 2.21 bits per heavy atom. The first-order valence-corrected chi connectivity index (χ1v) is 6.82. The number of nitrogens with zero attached hydrogens (tertiary/aromatic N) is 5. The molecule has 0 aliphatic heterocycles. The van der Waals surface area contributed by atoms with Gasteiger partial charge in [0.25, 0.3) is 0 Å². The van der Waals surface area contributed by atoms with E-state index in [0.29, 0.717) is 23.8 Å². The van der Waals surface area contributed by atoms with Crippen LogP contribution in [0.2, 0.25) is 0 Å². The molecule has 1 rings (SSSR count). The summed E-state index contributed by atoms with van der Waals surface area (Å²) in [5, 5.41) is 3.22.